The van der Waals surface area contributed by atoms with Crippen molar-refractivity contribution in [2.45, 2.75) is 63.1 Å². The van der Waals surface area contributed by atoms with Crippen LogP contribution in [0, 0.1) is 5.92 Å². The molecule has 0 radical (unpaired) electrons. The van der Waals surface area contributed by atoms with Crippen LogP contribution in [0.1, 0.15) is 39.0 Å². The van der Waals surface area contributed by atoms with E-state index >= 15 is 0 Å². The number of methoxy groups -OCH3 is 1. The minimum atomic E-state index is -0.535. The molecule has 20 heavy (non-hydrogen) atoms. The van der Waals surface area contributed by atoms with Gasteiger partial charge in [-0.15, -0.1) is 0 Å². The number of rotatable bonds is 5. The Morgan fingerprint density at radius 2 is 2.25 bits per heavy atom. The van der Waals surface area contributed by atoms with Gasteiger partial charge in [0.15, 0.2) is 5.79 Å². The summed E-state index contributed by atoms with van der Waals surface area (Å²) in [6.07, 6.45) is 9.94. The van der Waals surface area contributed by atoms with Crippen molar-refractivity contribution in [1.82, 2.24) is 0 Å². The molecule has 0 saturated carbocycles. The zero-order valence-electron chi connectivity index (χ0n) is 12.5. The van der Waals surface area contributed by atoms with Gasteiger partial charge < -0.3 is 18.9 Å². The van der Waals surface area contributed by atoms with E-state index in [0.29, 0.717) is 12.5 Å². The molecule has 5 atom stereocenters. The molecule has 0 aromatic heterocycles. The van der Waals surface area contributed by atoms with Crippen molar-refractivity contribution in [3.63, 3.8) is 0 Å². The largest absolute Gasteiger partial charge is 0.376 e. The Balaban J connectivity index is 1.57. The van der Waals surface area contributed by atoms with E-state index < -0.39 is 5.79 Å². The van der Waals surface area contributed by atoms with E-state index in [4.69, 9.17) is 18.9 Å². The van der Waals surface area contributed by atoms with Crippen LogP contribution in [0.2, 0.25) is 0 Å². The maximum absolute atomic E-state index is 6.16. The second-order valence-corrected chi connectivity index (χ2v) is 6.12. The molecule has 0 amide bonds. The number of fused-ring (bicyclic) bond motifs is 2. The molecule has 2 saturated heterocycles. The number of ether oxygens (including phenoxy) is 4. The van der Waals surface area contributed by atoms with Crippen molar-refractivity contribution >= 4 is 0 Å². The lowest BCUT2D eigenvalue weighted by atomic mass is 9.94. The molecule has 4 heteroatoms. The third kappa shape index (κ3) is 2.67. The van der Waals surface area contributed by atoms with Crippen molar-refractivity contribution in [3.8, 4) is 0 Å². The molecular weight excluding hydrogens is 256 g/mol. The highest BCUT2D eigenvalue weighted by Gasteiger charge is 2.54. The van der Waals surface area contributed by atoms with Crippen molar-refractivity contribution in [3.05, 3.63) is 12.2 Å². The first-order valence-corrected chi connectivity index (χ1v) is 7.88. The topological polar surface area (TPSA) is 36.9 Å². The summed E-state index contributed by atoms with van der Waals surface area (Å²) in [5.41, 5.74) is 0. The zero-order chi connectivity index (χ0) is 14.0. The molecule has 2 heterocycles. The van der Waals surface area contributed by atoms with Gasteiger partial charge in [-0.2, -0.15) is 0 Å². The van der Waals surface area contributed by atoms with Gasteiger partial charge in [-0.05, 0) is 25.2 Å². The van der Waals surface area contributed by atoms with Crippen molar-refractivity contribution in [2.75, 3.05) is 20.3 Å². The summed E-state index contributed by atoms with van der Waals surface area (Å²) < 4.78 is 23.8. The molecule has 0 aromatic carbocycles. The predicted octanol–water partition coefficient (Wildman–Crippen LogP) is 2.67. The Morgan fingerprint density at radius 1 is 1.35 bits per heavy atom. The molecule has 0 spiro atoms. The summed E-state index contributed by atoms with van der Waals surface area (Å²) in [7, 11) is 1.73. The van der Waals surface area contributed by atoms with Crippen LogP contribution in [0.25, 0.3) is 0 Å². The third-order valence-electron chi connectivity index (χ3n) is 4.90. The lowest BCUT2D eigenvalue weighted by Crippen LogP contribution is -2.52. The van der Waals surface area contributed by atoms with E-state index in [9.17, 15) is 0 Å². The SMILES string of the molecule is CCC12OC[C@@H](O1)[C@@H](OCC1CC=CCC1)C[C@H]2OC. The van der Waals surface area contributed by atoms with Gasteiger partial charge >= 0.3 is 0 Å². The summed E-state index contributed by atoms with van der Waals surface area (Å²) in [6.45, 7) is 3.54. The van der Waals surface area contributed by atoms with Crippen LogP contribution in [0.15, 0.2) is 12.2 Å². The molecule has 3 aliphatic rings. The average molecular weight is 282 g/mol. The summed E-state index contributed by atoms with van der Waals surface area (Å²) in [4.78, 5) is 0. The van der Waals surface area contributed by atoms with Gasteiger partial charge in [0.05, 0.1) is 19.3 Å². The molecule has 0 aromatic rings. The van der Waals surface area contributed by atoms with Gasteiger partial charge in [-0.1, -0.05) is 19.1 Å². The number of hydrogen-bond acceptors (Lipinski definition) is 4. The van der Waals surface area contributed by atoms with E-state index in [1.54, 1.807) is 7.11 Å². The minimum absolute atomic E-state index is 0.0255. The molecule has 114 valence electrons. The van der Waals surface area contributed by atoms with Crippen LogP contribution in [-0.2, 0) is 18.9 Å². The molecule has 4 nitrogen and oxygen atoms in total. The van der Waals surface area contributed by atoms with Crippen molar-refractivity contribution in [2.24, 2.45) is 5.92 Å². The maximum atomic E-state index is 6.16. The van der Waals surface area contributed by atoms with Gasteiger partial charge in [0, 0.05) is 20.0 Å². The molecule has 3 rings (SSSR count). The highest BCUT2D eigenvalue weighted by atomic mass is 16.8. The van der Waals surface area contributed by atoms with E-state index in [2.05, 4.69) is 19.1 Å². The molecule has 2 fully saturated rings. The van der Waals surface area contributed by atoms with E-state index in [1.807, 2.05) is 0 Å². The lowest BCUT2D eigenvalue weighted by Gasteiger charge is -2.41. The van der Waals surface area contributed by atoms with E-state index in [1.165, 1.54) is 12.8 Å². The van der Waals surface area contributed by atoms with Crippen LogP contribution in [-0.4, -0.2) is 44.4 Å². The lowest BCUT2D eigenvalue weighted by molar-refractivity contribution is -0.274. The third-order valence-corrected chi connectivity index (χ3v) is 4.90. The van der Waals surface area contributed by atoms with Crippen molar-refractivity contribution in [1.29, 1.82) is 0 Å². The van der Waals surface area contributed by atoms with E-state index in [0.717, 1.165) is 25.9 Å². The monoisotopic (exact) mass is 282 g/mol. The number of hydrogen-bond donors (Lipinski definition) is 0. The predicted molar refractivity (Wildman–Crippen MR) is 75.5 cm³/mol. The zero-order valence-corrected chi connectivity index (χ0v) is 12.5. The van der Waals surface area contributed by atoms with E-state index in [-0.39, 0.29) is 18.3 Å². The van der Waals surface area contributed by atoms with Gasteiger partial charge in [0.25, 0.3) is 0 Å². The normalized spacial score (nSPS) is 43.9. The Bertz CT molecular complexity index is 356. The minimum Gasteiger partial charge on any atom is -0.376 e. The van der Waals surface area contributed by atoms with Crippen LogP contribution >= 0.6 is 0 Å². The highest BCUT2D eigenvalue weighted by Crippen LogP contribution is 2.41. The Labute approximate surface area is 121 Å². The highest BCUT2D eigenvalue weighted by molar-refractivity contribution is 4.97. The molecule has 2 unspecified atom stereocenters. The molecular formula is C16H26O4. The standard InChI is InChI=1S/C16H26O4/c1-3-16-15(17-2)9-13(14(20-16)11-19-16)18-10-12-7-5-4-6-8-12/h4-5,12-15H,3,6-11H2,1-2H3/t12?,13-,14+,15+,16?/m0/s1. The fourth-order valence-electron chi connectivity index (χ4n) is 3.57. The summed E-state index contributed by atoms with van der Waals surface area (Å²) in [6, 6.07) is 0. The molecule has 2 bridgehead atoms. The first-order chi connectivity index (χ1) is 9.77. The van der Waals surface area contributed by atoms with Crippen LogP contribution in [0.3, 0.4) is 0 Å². The smallest absolute Gasteiger partial charge is 0.195 e. The van der Waals surface area contributed by atoms with Crippen LogP contribution in [0.5, 0.6) is 0 Å². The van der Waals surface area contributed by atoms with Crippen LogP contribution in [0.4, 0.5) is 0 Å². The molecule has 0 N–H and O–H groups in total. The fourth-order valence-corrected chi connectivity index (χ4v) is 3.57. The molecule has 2 aliphatic heterocycles. The Morgan fingerprint density at radius 3 is 2.95 bits per heavy atom. The summed E-state index contributed by atoms with van der Waals surface area (Å²) in [5, 5.41) is 0. The van der Waals surface area contributed by atoms with Gasteiger partial charge in [-0.25, -0.2) is 0 Å². The van der Waals surface area contributed by atoms with Gasteiger partial charge in [0.1, 0.15) is 12.2 Å². The maximum Gasteiger partial charge on any atom is 0.195 e. The second kappa shape index (κ2) is 6.14. The fraction of sp³-hybridized carbons (Fsp3) is 0.875. The Kier molecular flexibility index (Phi) is 4.46. The number of allylic oxidation sites excluding steroid dienone is 2. The summed E-state index contributed by atoms with van der Waals surface area (Å²) in [5.74, 6) is 0.119. The van der Waals surface area contributed by atoms with Gasteiger partial charge in [0.2, 0.25) is 0 Å². The first kappa shape index (κ1) is 14.5. The quantitative estimate of drug-likeness (QED) is 0.727. The Hall–Kier alpha value is -0.420. The molecule has 1 aliphatic carbocycles. The van der Waals surface area contributed by atoms with Crippen LogP contribution < -0.4 is 0 Å². The first-order valence-electron chi connectivity index (χ1n) is 7.88. The summed E-state index contributed by atoms with van der Waals surface area (Å²) >= 11 is 0. The van der Waals surface area contributed by atoms with Crippen molar-refractivity contribution < 1.29 is 18.9 Å². The second-order valence-electron chi connectivity index (χ2n) is 6.12. The average Bonchev–Trinajstić information content (AvgIpc) is 2.89. The van der Waals surface area contributed by atoms with Gasteiger partial charge in [-0.3, -0.25) is 0 Å².